The smallest absolute Gasteiger partial charge is 0.410 e. The minimum absolute atomic E-state index is 0.169. The van der Waals surface area contributed by atoms with Gasteiger partial charge in [0.15, 0.2) is 0 Å². The molecule has 1 aromatic carbocycles. The zero-order valence-corrected chi connectivity index (χ0v) is 10.4. The van der Waals surface area contributed by atoms with Gasteiger partial charge in [-0.2, -0.15) is 0 Å². The van der Waals surface area contributed by atoms with Crippen molar-refractivity contribution in [3.63, 3.8) is 0 Å². The molecule has 2 saturated heterocycles. The quantitative estimate of drug-likeness (QED) is 0.823. The van der Waals surface area contributed by atoms with Gasteiger partial charge in [0.25, 0.3) is 0 Å². The van der Waals surface area contributed by atoms with E-state index in [4.69, 9.17) is 4.74 Å². The zero-order chi connectivity index (χ0) is 13.3. The third-order valence-electron chi connectivity index (χ3n) is 3.42. The second-order valence-corrected chi connectivity index (χ2v) is 4.98. The van der Waals surface area contributed by atoms with E-state index in [1.54, 1.807) is 4.90 Å². The summed E-state index contributed by atoms with van der Waals surface area (Å²) < 4.78 is 5.22. The molecule has 0 radical (unpaired) electrons. The minimum atomic E-state index is -0.337. The molecular weight excluding hydrogens is 246 g/mol. The first-order valence-electron chi connectivity index (χ1n) is 6.19. The number of hydrogen-bond donors (Lipinski definition) is 2. The number of amides is 3. The SMILES string of the molecule is O=C1NCC2(CN(C(=O)OCc3ccccc3)C2)N1. The lowest BCUT2D eigenvalue weighted by atomic mass is 9.92. The van der Waals surface area contributed by atoms with E-state index in [1.165, 1.54) is 0 Å². The molecule has 2 aliphatic rings. The van der Waals surface area contributed by atoms with Crippen LogP contribution in [0.2, 0.25) is 0 Å². The van der Waals surface area contributed by atoms with Crippen LogP contribution in [0.1, 0.15) is 5.56 Å². The largest absolute Gasteiger partial charge is 0.445 e. The van der Waals surface area contributed by atoms with Crippen LogP contribution >= 0.6 is 0 Å². The van der Waals surface area contributed by atoms with Crippen molar-refractivity contribution in [3.8, 4) is 0 Å². The van der Waals surface area contributed by atoms with Gasteiger partial charge < -0.3 is 20.3 Å². The van der Waals surface area contributed by atoms with E-state index in [0.717, 1.165) is 5.56 Å². The van der Waals surface area contributed by atoms with E-state index in [2.05, 4.69) is 10.6 Å². The molecule has 1 spiro atoms. The molecule has 6 nitrogen and oxygen atoms in total. The third-order valence-corrected chi connectivity index (χ3v) is 3.42. The van der Waals surface area contributed by atoms with Crippen LogP contribution < -0.4 is 10.6 Å². The number of carbonyl (C=O) groups is 2. The van der Waals surface area contributed by atoms with Crippen molar-refractivity contribution in [3.05, 3.63) is 35.9 Å². The lowest BCUT2D eigenvalue weighted by Crippen LogP contribution is -2.70. The van der Waals surface area contributed by atoms with E-state index < -0.39 is 0 Å². The highest BCUT2D eigenvalue weighted by Gasteiger charge is 2.50. The summed E-state index contributed by atoms with van der Waals surface area (Å²) in [5.41, 5.74) is 0.671. The minimum Gasteiger partial charge on any atom is -0.445 e. The average molecular weight is 261 g/mol. The summed E-state index contributed by atoms with van der Waals surface area (Å²) >= 11 is 0. The molecule has 19 heavy (non-hydrogen) atoms. The maximum Gasteiger partial charge on any atom is 0.410 e. The number of nitrogens with zero attached hydrogens (tertiary/aromatic N) is 1. The Hall–Kier alpha value is -2.24. The topological polar surface area (TPSA) is 70.7 Å². The number of benzene rings is 1. The number of ether oxygens (including phenoxy) is 1. The fourth-order valence-corrected chi connectivity index (χ4v) is 2.39. The summed E-state index contributed by atoms with van der Waals surface area (Å²) in [6, 6.07) is 9.37. The Bertz CT molecular complexity index is 497. The fourth-order valence-electron chi connectivity index (χ4n) is 2.39. The van der Waals surface area contributed by atoms with Crippen molar-refractivity contribution >= 4 is 12.1 Å². The normalized spacial score (nSPS) is 19.6. The van der Waals surface area contributed by atoms with E-state index in [1.807, 2.05) is 30.3 Å². The van der Waals surface area contributed by atoms with Gasteiger partial charge in [0.05, 0.1) is 18.6 Å². The standard InChI is InChI=1S/C13H15N3O3/c17-11-14-7-13(15-11)8-16(9-13)12(18)19-6-10-4-2-1-3-5-10/h1-5H,6-9H2,(H2,14,15,17). The van der Waals surface area contributed by atoms with Gasteiger partial charge >= 0.3 is 12.1 Å². The number of carbonyl (C=O) groups excluding carboxylic acids is 2. The van der Waals surface area contributed by atoms with Crippen LogP contribution in [0.3, 0.4) is 0 Å². The Balaban J connectivity index is 1.47. The molecule has 1 aromatic rings. The zero-order valence-electron chi connectivity index (χ0n) is 10.4. The number of hydrogen-bond acceptors (Lipinski definition) is 3. The van der Waals surface area contributed by atoms with E-state index in [-0.39, 0.29) is 24.3 Å². The molecule has 3 rings (SSSR count). The molecule has 0 saturated carbocycles. The Morgan fingerprint density at radius 3 is 2.68 bits per heavy atom. The lowest BCUT2D eigenvalue weighted by Gasteiger charge is -2.45. The predicted molar refractivity (Wildman–Crippen MR) is 67.5 cm³/mol. The molecule has 6 heteroatoms. The summed E-state index contributed by atoms with van der Waals surface area (Å²) in [6.45, 7) is 1.83. The predicted octanol–water partition coefficient (Wildman–Crippen LogP) is 0.690. The van der Waals surface area contributed by atoms with Crippen LogP contribution in [0.5, 0.6) is 0 Å². The van der Waals surface area contributed by atoms with Gasteiger partial charge in [-0.25, -0.2) is 9.59 Å². The Morgan fingerprint density at radius 2 is 2.05 bits per heavy atom. The van der Waals surface area contributed by atoms with Crippen molar-refractivity contribution in [2.75, 3.05) is 19.6 Å². The second-order valence-electron chi connectivity index (χ2n) is 4.98. The van der Waals surface area contributed by atoms with Crippen LogP contribution in [-0.2, 0) is 11.3 Å². The summed E-state index contributed by atoms with van der Waals surface area (Å²) in [5, 5.41) is 5.53. The van der Waals surface area contributed by atoms with Crippen molar-refractivity contribution in [1.82, 2.24) is 15.5 Å². The molecule has 2 heterocycles. The van der Waals surface area contributed by atoms with E-state index >= 15 is 0 Å². The van der Waals surface area contributed by atoms with Gasteiger partial charge in [0.1, 0.15) is 6.61 Å². The van der Waals surface area contributed by atoms with Gasteiger partial charge in [-0.1, -0.05) is 30.3 Å². The molecule has 2 N–H and O–H groups in total. The lowest BCUT2D eigenvalue weighted by molar-refractivity contribution is 0.0346. The van der Waals surface area contributed by atoms with Crippen molar-refractivity contribution in [2.45, 2.75) is 12.1 Å². The van der Waals surface area contributed by atoms with Gasteiger partial charge in [0, 0.05) is 6.54 Å². The maximum atomic E-state index is 11.8. The molecular formula is C13H15N3O3. The van der Waals surface area contributed by atoms with Gasteiger partial charge in [-0.05, 0) is 5.56 Å². The van der Waals surface area contributed by atoms with E-state index in [9.17, 15) is 9.59 Å². The first-order chi connectivity index (χ1) is 9.17. The summed E-state index contributed by atoms with van der Waals surface area (Å²) in [4.78, 5) is 24.5. The molecule has 2 aliphatic heterocycles. The number of urea groups is 1. The highest BCUT2D eigenvalue weighted by atomic mass is 16.6. The highest BCUT2D eigenvalue weighted by Crippen LogP contribution is 2.23. The van der Waals surface area contributed by atoms with Crippen molar-refractivity contribution < 1.29 is 14.3 Å². The summed E-state index contributed by atoms with van der Waals surface area (Å²) in [6.07, 6.45) is -0.337. The molecule has 3 amide bonds. The van der Waals surface area contributed by atoms with Gasteiger partial charge in [-0.3, -0.25) is 0 Å². The second kappa shape index (κ2) is 4.46. The van der Waals surface area contributed by atoms with Crippen molar-refractivity contribution in [1.29, 1.82) is 0 Å². The average Bonchev–Trinajstić information content (AvgIpc) is 2.78. The van der Waals surface area contributed by atoms with Crippen LogP contribution in [0.15, 0.2) is 30.3 Å². The maximum absolute atomic E-state index is 11.8. The summed E-state index contributed by atoms with van der Waals surface area (Å²) in [7, 11) is 0. The number of rotatable bonds is 2. The molecule has 0 unspecified atom stereocenters. The fraction of sp³-hybridized carbons (Fsp3) is 0.385. The Labute approximate surface area is 110 Å². The molecule has 0 atom stereocenters. The molecule has 0 aliphatic carbocycles. The van der Waals surface area contributed by atoms with Crippen LogP contribution in [0, 0.1) is 0 Å². The number of likely N-dealkylation sites (tertiary alicyclic amines) is 1. The van der Waals surface area contributed by atoms with E-state index in [0.29, 0.717) is 19.6 Å². The summed E-state index contributed by atoms with van der Waals surface area (Å²) in [5.74, 6) is 0. The van der Waals surface area contributed by atoms with Crippen LogP contribution in [0.4, 0.5) is 9.59 Å². The number of nitrogens with one attached hydrogen (secondary N) is 2. The molecule has 0 bridgehead atoms. The van der Waals surface area contributed by atoms with Crippen LogP contribution in [0.25, 0.3) is 0 Å². The molecule has 100 valence electrons. The highest BCUT2D eigenvalue weighted by molar-refractivity contribution is 5.79. The molecule has 2 fully saturated rings. The first kappa shape index (κ1) is 11.8. The van der Waals surface area contributed by atoms with Gasteiger partial charge in [0.2, 0.25) is 0 Å². The monoisotopic (exact) mass is 261 g/mol. The van der Waals surface area contributed by atoms with Gasteiger partial charge in [-0.15, -0.1) is 0 Å². The van der Waals surface area contributed by atoms with Crippen LogP contribution in [-0.4, -0.2) is 42.2 Å². The molecule has 0 aromatic heterocycles. The third kappa shape index (κ3) is 2.33. The Kier molecular flexibility index (Phi) is 2.77. The Morgan fingerprint density at radius 1 is 1.32 bits per heavy atom. The van der Waals surface area contributed by atoms with Crippen molar-refractivity contribution in [2.24, 2.45) is 0 Å². The first-order valence-corrected chi connectivity index (χ1v) is 6.19.